The molecule has 1 heterocycles. The zero-order valence-corrected chi connectivity index (χ0v) is 9.76. The number of carbonyl (C=O) groups is 2. The molecule has 0 aliphatic heterocycles. The molecule has 0 aromatic carbocycles. The zero-order valence-electron chi connectivity index (χ0n) is 8.94. The number of amides is 1. The second kappa shape index (κ2) is 5.21. The minimum atomic E-state index is -0.00528. The van der Waals surface area contributed by atoms with Crippen LogP contribution < -0.4 is 5.32 Å². The Kier molecular flexibility index (Phi) is 3.66. The van der Waals surface area contributed by atoms with Crippen molar-refractivity contribution in [2.75, 3.05) is 5.32 Å². The van der Waals surface area contributed by atoms with E-state index in [1.807, 2.05) is 5.38 Å². The van der Waals surface area contributed by atoms with Crippen molar-refractivity contribution in [3.05, 3.63) is 11.6 Å². The van der Waals surface area contributed by atoms with Gasteiger partial charge in [0.1, 0.15) is 5.78 Å². The van der Waals surface area contributed by atoms with Gasteiger partial charge in [0.05, 0.1) is 0 Å². The summed E-state index contributed by atoms with van der Waals surface area (Å²) in [6.45, 7) is 0. The van der Waals surface area contributed by atoms with E-state index in [0.717, 1.165) is 12.8 Å². The van der Waals surface area contributed by atoms with Gasteiger partial charge < -0.3 is 5.32 Å². The van der Waals surface area contributed by atoms with E-state index >= 15 is 0 Å². The first kappa shape index (κ1) is 11.3. The van der Waals surface area contributed by atoms with Gasteiger partial charge in [0, 0.05) is 30.8 Å². The smallest absolute Gasteiger partial charge is 0.226 e. The molecule has 1 atom stereocenters. The number of hydrogen-bond acceptors (Lipinski definition) is 4. The lowest BCUT2D eigenvalue weighted by Gasteiger charge is -2.06. The summed E-state index contributed by atoms with van der Waals surface area (Å²) in [5.74, 6) is 0.745. The van der Waals surface area contributed by atoms with Crippen molar-refractivity contribution in [2.24, 2.45) is 5.92 Å². The molecule has 0 spiro atoms. The van der Waals surface area contributed by atoms with Crippen molar-refractivity contribution in [3.63, 3.8) is 0 Å². The fourth-order valence-electron chi connectivity index (χ4n) is 1.94. The lowest BCUT2D eigenvalue weighted by molar-refractivity contribution is -0.118. The van der Waals surface area contributed by atoms with Gasteiger partial charge in [-0.05, 0) is 18.8 Å². The molecule has 1 saturated carbocycles. The van der Waals surface area contributed by atoms with E-state index in [0.29, 0.717) is 36.1 Å². The molecule has 5 heteroatoms. The number of aromatic nitrogens is 1. The topological polar surface area (TPSA) is 59.1 Å². The van der Waals surface area contributed by atoms with Crippen molar-refractivity contribution in [3.8, 4) is 0 Å². The number of anilines is 1. The highest BCUT2D eigenvalue weighted by molar-refractivity contribution is 7.13. The SMILES string of the molecule is O=C1CCC(CCC(=O)Nc2nccs2)C1. The first-order valence-electron chi connectivity index (χ1n) is 5.45. The molecule has 1 fully saturated rings. The Morgan fingerprint density at radius 3 is 3.12 bits per heavy atom. The van der Waals surface area contributed by atoms with Gasteiger partial charge >= 0.3 is 0 Å². The molecule has 1 amide bonds. The number of hydrogen-bond donors (Lipinski definition) is 1. The molecule has 86 valence electrons. The molecule has 0 radical (unpaired) electrons. The second-order valence-electron chi connectivity index (χ2n) is 4.07. The predicted octanol–water partition coefficient (Wildman–Crippen LogP) is 2.23. The van der Waals surface area contributed by atoms with Crippen molar-refractivity contribution in [1.82, 2.24) is 4.98 Å². The number of carbonyl (C=O) groups excluding carboxylic acids is 2. The van der Waals surface area contributed by atoms with E-state index < -0.39 is 0 Å². The van der Waals surface area contributed by atoms with E-state index in [-0.39, 0.29) is 5.91 Å². The Labute approximate surface area is 98.1 Å². The average molecular weight is 238 g/mol. The highest BCUT2D eigenvalue weighted by Crippen LogP contribution is 2.26. The van der Waals surface area contributed by atoms with Gasteiger partial charge in [0.15, 0.2) is 5.13 Å². The number of rotatable bonds is 4. The van der Waals surface area contributed by atoms with Crippen LogP contribution in [0.3, 0.4) is 0 Å². The van der Waals surface area contributed by atoms with Crippen LogP contribution in [-0.4, -0.2) is 16.7 Å². The highest BCUT2D eigenvalue weighted by Gasteiger charge is 2.22. The van der Waals surface area contributed by atoms with Gasteiger partial charge in [-0.2, -0.15) is 0 Å². The van der Waals surface area contributed by atoms with Gasteiger partial charge in [-0.15, -0.1) is 11.3 Å². The fraction of sp³-hybridized carbons (Fsp3) is 0.545. The highest BCUT2D eigenvalue weighted by atomic mass is 32.1. The third-order valence-corrected chi connectivity index (χ3v) is 3.49. The van der Waals surface area contributed by atoms with Crippen LogP contribution in [-0.2, 0) is 9.59 Å². The first-order valence-corrected chi connectivity index (χ1v) is 6.33. The Morgan fingerprint density at radius 1 is 1.62 bits per heavy atom. The summed E-state index contributed by atoms with van der Waals surface area (Å²) >= 11 is 1.41. The molecule has 1 aromatic heterocycles. The van der Waals surface area contributed by atoms with Gasteiger partial charge in [-0.1, -0.05) is 0 Å². The number of Topliss-reactive ketones (excluding diaryl/α,β-unsaturated/α-hetero) is 1. The molecule has 1 aliphatic rings. The van der Waals surface area contributed by atoms with Crippen LogP contribution in [0.25, 0.3) is 0 Å². The van der Waals surface area contributed by atoms with Crippen molar-refractivity contribution in [1.29, 1.82) is 0 Å². The van der Waals surface area contributed by atoms with Gasteiger partial charge in [-0.25, -0.2) is 4.98 Å². The van der Waals surface area contributed by atoms with E-state index in [9.17, 15) is 9.59 Å². The summed E-state index contributed by atoms with van der Waals surface area (Å²) in [7, 11) is 0. The Balaban J connectivity index is 1.70. The van der Waals surface area contributed by atoms with Crippen LogP contribution >= 0.6 is 11.3 Å². The average Bonchev–Trinajstić information content (AvgIpc) is 2.87. The molecule has 1 aromatic rings. The first-order chi connectivity index (χ1) is 7.74. The van der Waals surface area contributed by atoms with Crippen LogP contribution in [0.15, 0.2) is 11.6 Å². The summed E-state index contributed by atoms with van der Waals surface area (Å²) in [6.07, 6.45) is 5.25. The largest absolute Gasteiger partial charge is 0.302 e. The summed E-state index contributed by atoms with van der Waals surface area (Å²) < 4.78 is 0. The fourth-order valence-corrected chi connectivity index (χ4v) is 2.48. The van der Waals surface area contributed by atoms with Gasteiger partial charge in [0.2, 0.25) is 5.91 Å². The van der Waals surface area contributed by atoms with Crippen LogP contribution in [0, 0.1) is 5.92 Å². The predicted molar refractivity (Wildman–Crippen MR) is 62.3 cm³/mol. The molecule has 1 aliphatic carbocycles. The van der Waals surface area contributed by atoms with Crippen LogP contribution in [0.4, 0.5) is 5.13 Å². The molecule has 0 saturated heterocycles. The summed E-state index contributed by atoms with van der Waals surface area (Å²) in [4.78, 5) is 26.5. The molecule has 4 nitrogen and oxygen atoms in total. The summed E-state index contributed by atoms with van der Waals surface area (Å²) in [6, 6.07) is 0. The standard InChI is InChI=1S/C11H14N2O2S/c14-9-3-1-8(7-9)2-4-10(15)13-11-12-5-6-16-11/h5-6,8H,1-4,7H2,(H,12,13,15). The zero-order chi connectivity index (χ0) is 11.4. The van der Waals surface area contributed by atoms with Crippen molar-refractivity contribution < 1.29 is 9.59 Å². The third-order valence-electron chi connectivity index (χ3n) is 2.81. The summed E-state index contributed by atoms with van der Waals surface area (Å²) in [5.41, 5.74) is 0. The van der Waals surface area contributed by atoms with E-state index in [1.54, 1.807) is 6.20 Å². The number of nitrogens with zero attached hydrogens (tertiary/aromatic N) is 1. The summed E-state index contributed by atoms with van der Waals surface area (Å²) in [5, 5.41) is 5.21. The minimum absolute atomic E-state index is 0.00528. The molecule has 1 N–H and O–H groups in total. The quantitative estimate of drug-likeness (QED) is 0.875. The lowest BCUT2D eigenvalue weighted by Crippen LogP contribution is -2.12. The minimum Gasteiger partial charge on any atom is -0.302 e. The van der Waals surface area contributed by atoms with Crippen molar-refractivity contribution >= 4 is 28.2 Å². The molecule has 16 heavy (non-hydrogen) atoms. The number of nitrogens with one attached hydrogen (secondary N) is 1. The number of ketones is 1. The maximum atomic E-state index is 11.5. The second-order valence-corrected chi connectivity index (χ2v) is 4.97. The van der Waals surface area contributed by atoms with Crippen molar-refractivity contribution in [2.45, 2.75) is 32.1 Å². The molecular weight excluding hydrogens is 224 g/mol. The Morgan fingerprint density at radius 2 is 2.50 bits per heavy atom. The molecule has 2 rings (SSSR count). The lowest BCUT2D eigenvalue weighted by atomic mass is 10.0. The Hall–Kier alpha value is -1.23. The van der Waals surface area contributed by atoms with Gasteiger partial charge in [-0.3, -0.25) is 9.59 Å². The van der Waals surface area contributed by atoms with E-state index in [4.69, 9.17) is 0 Å². The maximum Gasteiger partial charge on any atom is 0.226 e. The third kappa shape index (κ3) is 3.13. The van der Waals surface area contributed by atoms with Gasteiger partial charge in [0.25, 0.3) is 0 Å². The number of thiazole rings is 1. The van der Waals surface area contributed by atoms with Crippen LogP contribution in [0.2, 0.25) is 0 Å². The molecular formula is C11H14N2O2S. The maximum absolute atomic E-state index is 11.5. The van der Waals surface area contributed by atoms with Crippen LogP contribution in [0.1, 0.15) is 32.1 Å². The van der Waals surface area contributed by atoms with E-state index in [1.165, 1.54) is 11.3 Å². The van der Waals surface area contributed by atoms with E-state index in [2.05, 4.69) is 10.3 Å². The molecule has 0 bridgehead atoms. The normalized spacial score (nSPS) is 20.0. The Bertz CT molecular complexity index is 375. The van der Waals surface area contributed by atoms with Crippen LogP contribution in [0.5, 0.6) is 0 Å². The molecule has 1 unspecified atom stereocenters. The monoisotopic (exact) mass is 238 g/mol.